The van der Waals surface area contributed by atoms with Crippen LogP contribution in [0.4, 0.5) is 0 Å². The number of nitrogens with one attached hydrogen (secondary N) is 1. The van der Waals surface area contributed by atoms with Crippen LogP contribution in [-0.4, -0.2) is 39.4 Å². The van der Waals surface area contributed by atoms with Crippen molar-refractivity contribution in [1.29, 1.82) is 0 Å². The van der Waals surface area contributed by atoms with Crippen LogP contribution in [0.25, 0.3) is 0 Å². The van der Waals surface area contributed by atoms with Crippen LogP contribution in [0, 0.1) is 0 Å². The third kappa shape index (κ3) is 5.61. The summed E-state index contributed by atoms with van der Waals surface area (Å²) < 4.78 is 22.5. The maximum absolute atomic E-state index is 12.7. The Bertz CT molecular complexity index is 690. The Morgan fingerprint density at radius 2 is 1.70 bits per heavy atom. The predicted molar refractivity (Wildman–Crippen MR) is 106 cm³/mol. The summed E-state index contributed by atoms with van der Waals surface area (Å²) >= 11 is 1.60. The molecule has 1 aromatic carbocycles. The van der Waals surface area contributed by atoms with E-state index >= 15 is 0 Å². The van der Waals surface area contributed by atoms with Gasteiger partial charge in [-0.15, -0.1) is 0 Å². The summed E-state index contributed by atoms with van der Waals surface area (Å²) in [5, 5.41) is 6.91. The molecule has 1 unspecified atom stereocenters. The van der Waals surface area contributed by atoms with E-state index in [0.717, 1.165) is 5.56 Å². The molecule has 0 fully saturated rings. The highest BCUT2D eigenvalue weighted by atomic mass is 32.1. The second-order valence-electron chi connectivity index (χ2n) is 5.59. The fraction of sp³-hybridized carbons (Fsp3) is 0.450. The van der Waals surface area contributed by atoms with Crippen LogP contribution in [-0.2, 0) is 4.74 Å². The zero-order valence-corrected chi connectivity index (χ0v) is 17.1. The number of hydrogen-bond acceptors (Lipinski definition) is 6. The zero-order valence-electron chi connectivity index (χ0n) is 16.2. The number of hydrogen-bond donors (Lipinski definition) is 1. The number of benzene rings is 1. The lowest BCUT2D eigenvalue weighted by Crippen LogP contribution is -2.29. The van der Waals surface area contributed by atoms with E-state index in [1.165, 1.54) is 0 Å². The summed E-state index contributed by atoms with van der Waals surface area (Å²) in [6.45, 7) is 7.41. The number of thiophene rings is 1. The minimum Gasteiger partial charge on any atom is -0.490 e. The lowest BCUT2D eigenvalue weighted by atomic mass is 10.1. The van der Waals surface area contributed by atoms with Crippen LogP contribution in [0.15, 0.2) is 29.0 Å². The molecule has 148 valence electrons. The van der Waals surface area contributed by atoms with Crippen molar-refractivity contribution in [3.63, 3.8) is 0 Å². The van der Waals surface area contributed by atoms with E-state index in [1.54, 1.807) is 30.6 Å². The second-order valence-corrected chi connectivity index (χ2v) is 6.37. The van der Waals surface area contributed by atoms with Gasteiger partial charge in [0.25, 0.3) is 5.91 Å². The minimum atomic E-state index is -0.225. The van der Waals surface area contributed by atoms with Gasteiger partial charge >= 0.3 is 0 Å². The van der Waals surface area contributed by atoms with Crippen LogP contribution in [0.2, 0.25) is 0 Å². The number of ether oxygens (including phenoxy) is 4. The van der Waals surface area contributed by atoms with E-state index in [0.29, 0.717) is 49.2 Å². The zero-order chi connectivity index (χ0) is 19.6. The van der Waals surface area contributed by atoms with Gasteiger partial charge in [0.2, 0.25) is 5.75 Å². The van der Waals surface area contributed by atoms with Crippen LogP contribution < -0.4 is 19.5 Å². The van der Waals surface area contributed by atoms with E-state index in [9.17, 15) is 4.79 Å². The molecule has 0 aliphatic rings. The lowest BCUT2D eigenvalue weighted by Gasteiger charge is -2.18. The topological polar surface area (TPSA) is 66.0 Å². The lowest BCUT2D eigenvalue weighted by molar-refractivity contribution is 0.0828. The van der Waals surface area contributed by atoms with Gasteiger partial charge in [-0.3, -0.25) is 4.79 Å². The van der Waals surface area contributed by atoms with Gasteiger partial charge in [-0.05, 0) is 55.3 Å². The molecule has 0 aliphatic carbocycles. The Hall–Kier alpha value is -2.25. The van der Waals surface area contributed by atoms with Crippen molar-refractivity contribution < 1.29 is 23.7 Å². The average molecular weight is 394 g/mol. The highest BCUT2D eigenvalue weighted by molar-refractivity contribution is 7.07. The molecule has 0 aliphatic heterocycles. The summed E-state index contributed by atoms with van der Waals surface area (Å²) in [7, 11) is 1.63. The molecular weight excluding hydrogens is 366 g/mol. The smallest absolute Gasteiger partial charge is 0.251 e. The van der Waals surface area contributed by atoms with Crippen molar-refractivity contribution in [3.05, 3.63) is 40.1 Å². The number of methoxy groups -OCH3 is 1. The van der Waals surface area contributed by atoms with Crippen LogP contribution in [0.5, 0.6) is 17.2 Å². The van der Waals surface area contributed by atoms with E-state index in [2.05, 4.69) is 5.32 Å². The highest BCUT2D eigenvalue weighted by Gasteiger charge is 2.19. The standard InChI is InChI=1S/C20H27NO5S/c1-5-24-16-10-15(11-17(25-6-2)19(16)26-7-3)20(22)21-12-18(23-4)14-8-9-27-13-14/h8-11,13,18H,5-7,12H2,1-4H3,(H,21,22). The third-order valence-corrected chi connectivity index (χ3v) is 4.52. The Balaban J connectivity index is 2.21. The summed E-state index contributed by atoms with van der Waals surface area (Å²) in [6, 6.07) is 5.35. The quantitative estimate of drug-likeness (QED) is 0.624. The first-order valence-electron chi connectivity index (χ1n) is 9.04. The van der Waals surface area contributed by atoms with Gasteiger partial charge in [0.05, 0.1) is 19.8 Å². The molecule has 2 aromatic rings. The predicted octanol–water partition coefficient (Wildman–Crippen LogP) is 4.06. The summed E-state index contributed by atoms with van der Waals surface area (Å²) in [4.78, 5) is 12.7. The molecular formula is C20H27NO5S. The molecule has 6 nitrogen and oxygen atoms in total. The number of rotatable bonds is 11. The normalized spacial score (nSPS) is 11.7. The van der Waals surface area contributed by atoms with Gasteiger partial charge in [-0.1, -0.05) is 0 Å². The van der Waals surface area contributed by atoms with Crippen molar-refractivity contribution in [3.8, 4) is 17.2 Å². The summed E-state index contributed by atoms with van der Waals surface area (Å²) in [5.41, 5.74) is 1.49. The maximum atomic E-state index is 12.7. The van der Waals surface area contributed by atoms with Crippen molar-refractivity contribution in [1.82, 2.24) is 5.32 Å². The first kappa shape index (κ1) is 21.1. The number of carbonyl (C=O) groups excluding carboxylic acids is 1. The van der Waals surface area contributed by atoms with Crippen LogP contribution >= 0.6 is 11.3 Å². The second kappa shape index (κ2) is 10.8. The van der Waals surface area contributed by atoms with Crippen molar-refractivity contribution in [2.24, 2.45) is 0 Å². The van der Waals surface area contributed by atoms with Gasteiger partial charge in [0.15, 0.2) is 11.5 Å². The summed E-state index contributed by atoms with van der Waals surface area (Å²) in [5.74, 6) is 1.29. The van der Waals surface area contributed by atoms with E-state index in [4.69, 9.17) is 18.9 Å². The molecule has 27 heavy (non-hydrogen) atoms. The fourth-order valence-electron chi connectivity index (χ4n) is 2.60. The molecule has 1 amide bonds. The third-order valence-electron chi connectivity index (χ3n) is 3.82. The first-order chi connectivity index (χ1) is 13.1. The first-order valence-corrected chi connectivity index (χ1v) is 9.98. The number of carbonyl (C=O) groups is 1. The monoisotopic (exact) mass is 393 g/mol. The molecule has 1 aromatic heterocycles. The van der Waals surface area contributed by atoms with Gasteiger partial charge in [0, 0.05) is 19.2 Å². The Morgan fingerprint density at radius 1 is 1.07 bits per heavy atom. The molecule has 0 spiro atoms. The van der Waals surface area contributed by atoms with Crippen molar-refractivity contribution in [2.75, 3.05) is 33.5 Å². The molecule has 2 rings (SSSR count). The Labute approximate surface area is 164 Å². The fourth-order valence-corrected chi connectivity index (χ4v) is 3.30. The molecule has 7 heteroatoms. The largest absolute Gasteiger partial charge is 0.490 e. The van der Waals surface area contributed by atoms with E-state index in [1.807, 2.05) is 37.6 Å². The van der Waals surface area contributed by atoms with Crippen LogP contribution in [0.1, 0.15) is 42.8 Å². The van der Waals surface area contributed by atoms with Crippen molar-refractivity contribution in [2.45, 2.75) is 26.9 Å². The minimum absolute atomic E-state index is 0.194. The van der Waals surface area contributed by atoms with Gasteiger partial charge in [-0.2, -0.15) is 11.3 Å². The van der Waals surface area contributed by atoms with E-state index < -0.39 is 0 Å². The molecule has 0 saturated carbocycles. The maximum Gasteiger partial charge on any atom is 0.251 e. The van der Waals surface area contributed by atoms with Gasteiger partial charge < -0.3 is 24.3 Å². The van der Waals surface area contributed by atoms with Crippen molar-refractivity contribution >= 4 is 17.2 Å². The molecule has 1 N–H and O–H groups in total. The highest BCUT2D eigenvalue weighted by Crippen LogP contribution is 2.39. The van der Waals surface area contributed by atoms with E-state index in [-0.39, 0.29) is 12.0 Å². The summed E-state index contributed by atoms with van der Waals surface area (Å²) in [6.07, 6.45) is -0.194. The van der Waals surface area contributed by atoms with Crippen LogP contribution in [0.3, 0.4) is 0 Å². The molecule has 1 heterocycles. The average Bonchev–Trinajstić information content (AvgIpc) is 3.19. The number of amides is 1. The SMILES string of the molecule is CCOc1cc(C(=O)NCC(OC)c2ccsc2)cc(OCC)c1OCC. The Morgan fingerprint density at radius 3 is 2.19 bits per heavy atom. The molecule has 1 atom stereocenters. The molecule has 0 radical (unpaired) electrons. The van der Waals surface area contributed by atoms with Gasteiger partial charge in [-0.25, -0.2) is 0 Å². The molecule has 0 bridgehead atoms. The Kier molecular flexibility index (Phi) is 8.42. The molecule has 0 saturated heterocycles. The van der Waals surface area contributed by atoms with Gasteiger partial charge in [0.1, 0.15) is 6.10 Å².